The molecule has 0 spiro atoms. The number of aryl methyl sites for hydroxylation is 1. The van der Waals surface area contributed by atoms with Crippen molar-refractivity contribution in [3.05, 3.63) is 72.2 Å². The Balaban J connectivity index is 1.70. The molecule has 0 aliphatic heterocycles. The van der Waals surface area contributed by atoms with E-state index in [9.17, 15) is 4.79 Å². The number of Topliss-reactive ketones (excluding diaryl/α,β-unsaturated/α-hetero) is 1. The van der Waals surface area contributed by atoms with Gasteiger partial charge in [0.05, 0.1) is 41.5 Å². The number of pyridine rings is 1. The average molecular weight is 318 g/mol. The minimum absolute atomic E-state index is 0.0475. The standard InChI is InChI=1S/C17H14N6O/c1-12-8-14(23(21-12)13-4-2-5-18-10-13)9-16(24)15-11-20-22-7-3-6-19-17(15)22/h2-8,10-11H,9H2,1H3. The zero-order chi connectivity index (χ0) is 16.5. The minimum Gasteiger partial charge on any atom is -0.294 e. The smallest absolute Gasteiger partial charge is 0.174 e. The molecule has 24 heavy (non-hydrogen) atoms. The third-order valence-corrected chi connectivity index (χ3v) is 3.72. The molecule has 0 aliphatic carbocycles. The lowest BCUT2D eigenvalue weighted by Crippen LogP contribution is -2.09. The van der Waals surface area contributed by atoms with Crippen LogP contribution in [-0.2, 0) is 6.42 Å². The van der Waals surface area contributed by atoms with Crippen LogP contribution < -0.4 is 0 Å². The van der Waals surface area contributed by atoms with Gasteiger partial charge >= 0.3 is 0 Å². The van der Waals surface area contributed by atoms with Gasteiger partial charge in [-0.2, -0.15) is 10.2 Å². The molecule has 4 rings (SSSR count). The van der Waals surface area contributed by atoms with Crippen LogP contribution in [-0.4, -0.2) is 35.1 Å². The highest BCUT2D eigenvalue weighted by Crippen LogP contribution is 2.16. The van der Waals surface area contributed by atoms with Gasteiger partial charge in [0.15, 0.2) is 11.4 Å². The molecule has 0 saturated carbocycles. The predicted octanol–water partition coefficient (Wildman–Crippen LogP) is 2.04. The van der Waals surface area contributed by atoms with Gasteiger partial charge in [-0.25, -0.2) is 14.2 Å². The molecule has 0 aromatic carbocycles. The Morgan fingerprint density at radius 2 is 2.12 bits per heavy atom. The van der Waals surface area contributed by atoms with Gasteiger partial charge in [0.1, 0.15) is 0 Å². The Morgan fingerprint density at radius 1 is 1.21 bits per heavy atom. The van der Waals surface area contributed by atoms with E-state index in [1.165, 1.54) is 0 Å². The lowest BCUT2D eigenvalue weighted by atomic mass is 10.1. The third kappa shape index (κ3) is 2.45. The molecule has 0 atom stereocenters. The number of ketones is 1. The molecular weight excluding hydrogens is 304 g/mol. The molecule has 0 fully saturated rings. The van der Waals surface area contributed by atoms with Crippen molar-refractivity contribution in [2.45, 2.75) is 13.3 Å². The Kier molecular flexibility index (Phi) is 3.38. The fraction of sp³-hybridized carbons (Fsp3) is 0.118. The van der Waals surface area contributed by atoms with Crippen LogP contribution in [0.4, 0.5) is 0 Å². The Hall–Kier alpha value is -3.35. The summed E-state index contributed by atoms with van der Waals surface area (Å²) < 4.78 is 3.34. The number of rotatable bonds is 4. The number of aromatic nitrogens is 6. The van der Waals surface area contributed by atoms with Crippen molar-refractivity contribution in [2.24, 2.45) is 0 Å². The van der Waals surface area contributed by atoms with E-state index in [4.69, 9.17) is 0 Å². The Labute approximate surface area is 137 Å². The van der Waals surface area contributed by atoms with Gasteiger partial charge in [-0.1, -0.05) is 0 Å². The highest BCUT2D eigenvalue weighted by Gasteiger charge is 2.17. The summed E-state index contributed by atoms with van der Waals surface area (Å²) in [5.41, 5.74) is 3.55. The molecule has 4 heterocycles. The van der Waals surface area contributed by atoms with Crippen LogP contribution in [0.3, 0.4) is 0 Å². The first-order chi connectivity index (χ1) is 11.7. The summed E-state index contributed by atoms with van der Waals surface area (Å²) in [6, 6.07) is 7.43. The fourth-order valence-electron chi connectivity index (χ4n) is 2.67. The van der Waals surface area contributed by atoms with Crippen molar-refractivity contribution < 1.29 is 4.79 Å². The lowest BCUT2D eigenvalue weighted by Gasteiger charge is -2.06. The number of hydrogen-bond acceptors (Lipinski definition) is 5. The molecule has 0 bridgehead atoms. The van der Waals surface area contributed by atoms with Crippen LogP contribution in [0.5, 0.6) is 0 Å². The number of carbonyl (C=O) groups is 1. The number of fused-ring (bicyclic) bond motifs is 1. The van der Waals surface area contributed by atoms with Crippen LogP contribution in [0.15, 0.2) is 55.2 Å². The summed E-state index contributed by atoms with van der Waals surface area (Å²) in [5, 5.41) is 8.63. The highest BCUT2D eigenvalue weighted by molar-refractivity contribution is 6.02. The molecule has 0 saturated heterocycles. The molecule has 0 N–H and O–H groups in total. The summed E-state index contributed by atoms with van der Waals surface area (Å²) >= 11 is 0. The van der Waals surface area contributed by atoms with Crippen molar-refractivity contribution in [2.75, 3.05) is 0 Å². The first-order valence-corrected chi connectivity index (χ1v) is 7.50. The molecule has 118 valence electrons. The van der Waals surface area contributed by atoms with Crippen molar-refractivity contribution >= 4 is 11.4 Å². The predicted molar refractivity (Wildman–Crippen MR) is 87.1 cm³/mol. The first-order valence-electron chi connectivity index (χ1n) is 7.50. The topological polar surface area (TPSA) is 78.0 Å². The highest BCUT2D eigenvalue weighted by atomic mass is 16.1. The molecule has 7 nitrogen and oxygen atoms in total. The zero-order valence-electron chi connectivity index (χ0n) is 13.0. The minimum atomic E-state index is -0.0475. The second-order valence-corrected chi connectivity index (χ2v) is 5.45. The molecular formula is C17H14N6O. The van der Waals surface area contributed by atoms with Crippen molar-refractivity contribution in [1.82, 2.24) is 29.4 Å². The molecule has 0 radical (unpaired) electrons. The first kappa shape index (κ1) is 14.3. The zero-order valence-corrected chi connectivity index (χ0v) is 13.0. The summed E-state index contributed by atoms with van der Waals surface area (Å²) in [7, 11) is 0. The van der Waals surface area contributed by atoms with Crippen molar-refractivity contribution in [1.29, 1.82) is 0 Å². The third-order valence-electron chi connectivity index (χ3n) is 3.72. The maximum Gasteiger partial charge on any atom is 0.174 e. The van der Waals surface area contributed by atoms with E-state index in [1.54, 1.807) is 46.2 Å². The Morgan fingerprint density at radius 3 is 2.96 bits per heavy atom. The van der Waals surface area contributed by atoms with Gasteiger partial charge in [-0.3, -0.25) is 9.78 Å². The SMILES string of the molecule is Cc1cc(CC(=O)c2cnn3cccnc23)n(-c2cccnc2)n1. The summed E-state index contributed by atoms with van der Waals surface area (Å²) in [5.74, 6) is -0.0475. The normalized spacial score (nSPS) is 11.0. The maximum atomic E-state index is 12.7. The average Bonchev–Trinajstić information content (AvgIpc) is 3.19. The van der Waals surface area contributed by atoms with Crippen LogP contribution in [0.25, 0.3) is 11.3 Å². The van der Waals surface area contributed by atoms with Gasteiger partial charge < -0.3 is 0 Å². The molecule has 0 aliphatic rings. The molecule has 4 aromatic heterocycles. The van der Waals surface area contributed by atoms with E-state index < -0.39 is 0 Å². The van der Waals surface area contributed by atoms with E-state index in [-0.39, 0.29) is 12.2 Å². The number of hydrogen-bond donors (Lipinski definition) is 0. The van der Waals surface area contributed by atoms with Gasteiger partial charge in [0.2, 0.25) is 0 Å². The van der Waals surface area contributed by atoms with Gasteiger partial charge in [-0.15, -0.1) is 0 Å². The van der Waals surface area contributed by atoms with Crippen molar-refractivity contribution in [3.63, 3.8) is 0 Å². The number of nitrogens with zero attached hydrogens (tertiary/aromatic N) is 6. The molecule has 7 heteroatoms. The van der Waals surface area contributed by atoms with Gasteiger partial charge in [0, 0.05) is 18.6 Å². The fourth-order valence-corrected chi connectivity index (χ4v) is 2.67. The van der Waals surface area contributed by atoms with Crippen LogP contribution in [0.2, 0.25) is 0 Å². The second kappa shape index (κ2) is 5.69. The number of carbonyl (C=O) groups excluding carboxylic acids is 1. The van der Waals surface area contributed by atoms with E-state index >= 15 is 0 Å². The monoisotopic (exact) mass is 318 g/mol. The summed E-state index contributed by atoms with van der Waals surface area (Å²) in [6.45, 7) is 1.90. The molecule has 0 amide bonds. The van der Waals surface area contributed by atoms with Gasteiger partial charge in [0.25, 0.3) is 0 Å². The van der Waals surface area contributed by atoms with Crippen LogP contribution >= 0.6 is 0 Å². The maximum absolute atomic E-state index is 12.7. The molecule has 4 aromatic rings. The van der Waals surface area contributed by atoms with E-state index in [0.29, 0.717) is 11.2 Å². The van der Waals surface area contributed by atoms with Crippen molar-refractivity contribution in [3.8, 4) is 5.69 Å². The second-order valence-electron chi connectivity index (χ2n) is 5.45. The Bertz CT molecular complexity index is 1020. The van der Waals surface area contributed by atoms with Gasteiger partial charge in [-0.05, 0) is 31.2 Å². The summed E-state index contributed by atoms with van der Waals surface area (Å²) in [6.07, 6.45) is 8.61. The van der Waals surface area contributed by atoms with Crippen LogP contribution in [0.1, 0.15) is 21.7 Å². The summed E-state index contributed by atoms with van der Waals surface area (Å²) in [4.78, 5) is 21.1. The van der Waals surface area contributed by atoms with E-state index in [2.05, 4.69) is 20.2 Å². The largest absolute Gasteiger partial charge is 0.294 e. The van der Waals surface area contributed by atoms with E-state index in [1.807, 2.05) is 25.1 Å². The van der Waals surface area contributed by atoms with E-state index in [0.717, 1.165) is 17.1 Å². The molecule has 0 unspecified atom stereocenters. The van der Waals surface area contributed by atoms with Crippen LogP contribution in [0, 0.1) is 6.92 Å². The quantitative estimate of drug-likeness (QED) is 0.538. The lowest BCUT2D eigenvalue weighted by molar-refractivity contribution is 0.0992.